The molecule has 2 aromatic rings. The summed E-state index contributed by atoms with van der Waals surface area (Å²) < 4.78 is 25.2. The summed E-state index contributed by atoms with van der Waals surface area (Å²) in [4.78, 5) is 23.7. The Morgan fingerprint density at radius 2 is 1.73 bits per heavy atom. The first-order valence-corrected chi connectivity index (χ1v) is 9.96. The molecule has 0 heterocycles. The van der Waals surface area contributed by atoms with E-state index in [4.69, 9.17) is 11.6 Å². The molecule has 0 saturated carbocycles. The van der Waals surface area contributed by atoms with Gasteiger partial charge in [0.05, 0.1) is 11.9 Å². The van der Waals surface area contributed by atoms with Gasteiger partial charge in [-0.3, -0.25) is 13.9 Å². The van der Waals surface area contributed by atoms with Crippen LogP contribution in [0.2, 0.25) is 5.02 Å². The summed E-state index contributed by atoms with van der Waals surface area (Å²) in [7, 11) is -3.70. The quantitative estimate of drug-likeness (QED) is 0.762. The molecular formula is C18H19ClN2O4S. The zero-order valence-electron chi connectivity index (χ0n) is 14.6. The van der Waals surface area contributed by atoms with Crippen molar-refractivity contribution < 1.29 is 18.0 Å². The first kappa shape index (κ1) is 19.9. The molecule has 0 spiro atoms. The lowest BCUT2D eigenvalue weighted by molar-refractivity contribution is -0.114. The number of hydrogen-bond donors (Lipinski definition) is 1. The fourth-order valence-electron chi connectivity index (χ4n) is 2.33. The van der Waals surface area contributed by atoms with Gasteiger partial charge in [0.1, 0.15) is 6.54 Å². The standard InChI is InChI=1S/C18H19ClN2O4S/c1-12-16(19)5-4-6-17(12)20-18(23)11-21(26(3,24)25)15-9-7-14(8-10-15)13(2)22/h4-10H,11H2,1-3H3,(H,20,23). The molecule has 138 valence electrons. The van der Waals surface area contributed by atoms with E-state index in [-0.39, 0.29) is 5.78 Å². The molecule has 0 unspecified atom stereocenters. The van der Waals surface area contributed by atoms with Crippen molar-refractivity contribution in [2.24, 2.45) is 0 Å². The zero-order valence-corrected chi connectivity index (χ0v) is 16.2. The van der Waals surface area contributed by atoms with E-state index in [9.17, 15) is 18.0 Å². The number of nitrogens with zero attached hydrogens (tertiary/aromatic N) is 1. The average Bonchev–Trinajstić information content (AvgIpc) is 2.56. The predicted molar refractivity (Wildman–Crippen MR) is 103 cm³/mol. The second-order valence-electron chi connectivity index (χ2n) is 5.83. The summed E-state index contributed by atoms with van der Waals surface area (Å²) in [6.45, 7) is 2.78. The van der Waals surface area contributed by atoms with E-state index >= 15 is 0 Å². The van der Waals surface area contributed by atoms with Crippen LogP contribution in [0.5, 0.6) is 0 Å². The number of Topliss-reactive ketones (excluding diaryl/α,β-unsaturated/α-hetero) is 1. The Hall–Kier alpha value is -2.38. The van der Waals surface area contributed by atoms with Crippen molar-refractivity contribution in [1.29, 1.82) is 0 Å². The van der Waals surface area contributed by atoms with Crippen LogP contribution >= 0.6 is 11.6 Å². The fraction of sp³-hybridized carbons (Fsp3) is 0.222. The van der Waals surface area contributed by atoms with Crippen molar-refractivity contribution in [2.45, 2.75) is 13.8 Å². The number of carbonyl (C=O) groups is 2. The highest BCUT2D eigenvalue weighted by Crippen LogP contribution is 2.23. The van der Waals surface area contributed by atoms with Crippen LogP contribution in [-0.2, 0) is 14.8 Å². The van der Waals surface area contributed by atoms with Crippen molar-refractivity contribution in [3.8, 4) is 0 Å². The summed E-state index contributed by atoms with van der Waals surface area (Å²) in [5, 5.41) is 3.17. The average molecular weight is 395 g/mol. The van der Waals surface area contributed by atoms with Gasteiger partial charge in [0.25, 0.3) is 0 Å². The second-order valence-corrected chi connectivity index (χ2v) is 8.15. The Kier molecular flexibility index (Phi) is 6.05. The molecule has 0 bridgehead atoms. The van der Waals surface area contributed by atoms with Gasteiger partial charge < -0.3 is 5.32 Å². The molecule has 0 aliphatic rings. The Balaban J connectivity index is 2.24. The Bertz CT molecular complexity index is 940. The van der Waals surface area contributed by atoms with Crippen LogP contribution in [0.4, 0.5) is 11.4 Å². The molecule has 0 radical (unpaired) electrons. The van der Waals surface area contributed by atoms with Crippen LogP contribution < -0.4 is 9.62 Å². The predicted octanol–water partition coefficient (Wildman–Crippen LogP) is 3.26. The molecule has 26 heavy (non-hydrogen) atoms. The topological polar surface area (TPSA) is 83.6 Å². The number of rotatable bonds is 6. The molecule has 1 N–H and O–H groups in total. The van der Waals surface area contributed by atoms with Gasteiger partial charge in [-0.25, -0.2) is 8.42 Å². The highest BCUT2D eigenvalue weighted by atomic mass is 35.5. The number of benzene rings is 2. The maximum Gasteiger partial charge on any atom is 0.245 e. The van der Waals surface area contributed by atoms with Crippen LogP contribution in [0.1, 0.15) is 22.8 Å². The lowest BCUT2D eigenvalue weighted by atomic mass is 10.1. The summed E-state index contributed by atoms with van der Waals surface area (Å²) in [5.41, 5.74) is 1.97. The molecule has 0 saturated heterocycles. The van der Waals surface area contributed by atoms with E-state index in [0.717, 1.165) is 10.6 Å². The maximum absolute atomic E-state index is 12.4. The number of amides is 1. The number of nitrogens with one attached hydrogen (secondary N) is 1. The summed E-state index contributed by atoms with van der Waals surface area (Å²) >= 11 is 6.03. The molecule has 2 aromatic carbocycles. The first-order chi connectivity index (χ1) is 12.1. The molecule has 0 aromatic heterocycles. The molecule has 6 nitrogen and oxygen atoms in total. The van der Waals surface area contributed by atoms with Gasteiger partial charge in [0.15, 0.2) is 5.78 Å². The van der Waals surface area contributed by atoms with Crippen LogP contribution in [0.3, 0.4) is 0 Å². The van der Waals surface area contributed by atoms with Crippen LogP contribution in [0, 0.1) is 6.92 Å². The minimum Gasteiger partial charge on any atom is -0.324 e. The molecule has 0 aliphatic heterocycles. The lowest BCUT2D eigenvalue weighted by Gasteiger charge is -2.22. The molecular weight excluding hydrogens is 376 g/mol. The van der Waals surface area contributed by atoms with Gasteiger partial charge in [-0.05, 0) is 55.8 Å². The largest absolute Gasteiger partial charge is 0.324 e. The van der Waals surface area contributed by atoms with Gasteiger partial charge in [-0.1, -0.05) is 17.7 Å². The number of sulfonamides is 1. The number of hydrogen-bond acceptors (Lipinski definition) is 4. The molecule has 2 rings (SSSR count). The fourth-order valence-corrected chi connectivity index (χ4v) is 3.36. The van der Waals surface area contributed by atoms with Gasteiger partial charge in [0.2, 0.25) is 15.9 Å². The van der Waals surface area contributed by atoms with Gasteiger partial charge >= 0.3 is 0 Å². The van der Waals surface area contributed by atoms with E-state index in [1.807, 2.05) is 0 Å². The third-order valence-corrected chi connectivity index (χ3v) is 5.34. The molecule has 0 aliphatic carbocycles. The highest BCUT2D eigenvalue weighted by molar-refractivity contribution is 7.92. The number of halogens is 1. The minimum atomic E-state index is -3.70. The number of anilines is 2. The summed E-state index contributed by atoms with van der Waals surface area (Å²) in [6, 6.07) is 11.1. The minimum absolute atomic E-state index is 0.128. The normalized spacial score (nSPS) is 11.1. The molecule has 0 fully saturated rings. The van der Waals surface area contributed by atoms with Crippen molar-refractivity contribution in [2.75, 3.05) is 22.4 Å². The Morgan fingerprint density at radius 1 is 1.12 bits per heavy atom. The second kappa shape index (κ2) is 7.88. The monoisotopic (exact) mass is 394 g/mol. The number of ketones is 1. The van der Waals surface area contributed by atoms with Crippen LogP contribution in [0.25, 0.3) is 0 Å². The third-order valence-electron chi connectivity index (χ3n) is 3.79. The lowest BCUT2D eigenvalue weighted by Crippen LogP contribution is -2.37. The molecule has 1 amide bonds. The van der Waals surface area contributed by atoms with E-state index in [1.54, 1.807) is 25.1 Å². The van der Waals surface area contributed by atoms with E-state index in [2.05, 4.69) is 5.32 Å². The first-order valence-electron chi connectivity index (χ1n) is 7.73. The smallest absolute Gasteiger partial charge is 0.245 e. The Morgan fingerprint density at radius 3 is 2.27 bits per heavy atom. The van der Waals surface area contributed by atoms with Crippen molar-refractivity contribution in [3.05, 3.63) is 58.6 Å². The highest BCUT2D eigenvalue weighted by Gasteiger charge is 2.21. The van der Waals surface area contributed by atoms with Crippen molar-refractivity contribution in [1.82, 2.24) is 0 Å². The summed E-state index contributed by atoms with van der Waals surface area (Å²) in [5.74, 6) is -0.631. The van der Waals surface area contributed by atoms with E-state index in [0.29, 0.717) is 27.5 Å². The van der Waals surface area contributed by atoms with E-state index in [1.165, 1.54) is 31.2 Å². The van der Waals surface area contributed by atoms with Gasteiger partial charge in [-0.15, -0.1) is 0 Å². The van der Waals surface area contributed by atoms with Crippen LogP contribution in [-0.4, -0.2) is 32.9 Å². The SMILES string of the molecule is CC(=O)c1ccc(N(CC(=O)Nc2cccc(Cl)c2C)S(C)(=O)=O)cc1. The summed E-state index contributed by atoms with van der Waals surface area (Å²) in [6.07, 6.45) is 1.02. The zero-order chi connectivity index (χ0) is 19.5. The Labute approximate surface area is 157 Å². The maximum atomic E-state index is 12.4. The number of carbonyl (C=O) groups excluding carboxylic acids is 2. The van der Waals surface area contributed by atoms with Crippen LogP contribution in [0.15, 0.2) is 42.5 Å². The van der Waals surface area contributed by atoms with Crippen molar-refractivity contribution in [3.63, 3.8) is 0 Å². The molecule has 8 heteroatoms. The van der Waals surface area contributed by atoms with Gasteiger partial charge in [0, 0.05) is 16.3 Å². The van der Waals surface area contributed by atoms with Gasteiger partial charge in [-0.2, -0.15) is 0 Å². The van der Waals surface area contributed by atoms with Crippen molar-refractivity contribution >= 4 is 44.7 Å². The third kappa shape index (κ3) is 4.83. The molecule has 0 atom stereocenters. The van der Waals surface area contributed by atoms with E-state index < -0.39 is 22.5 Å².